The lowest BCUT2D eigenvalue weighted by Gasteiger charge is -2.16. The zero-order valence-corrected chi connectivity index (χ0v) is 11.0. The molecule has 3 rings (SSSR count). The highest BCUT2D eigenvalue weighted by Gasteiger charge is 2.19. The quantitative estimate of drug-likeness (QED) is 0.910. The zero-order chi connectivity index (χ0) is 13.2. The molecule has 1 aromatic heterocycles. The Hall–Kier alpha value is -1.81. The average molecular weight is 257 g/mol. The predicted octanol–water partition coefficient (Wildman–Crippen LogP) is 1.72. The van der Waals surface area contributed by atoms with Crippen molar-refractivity contribution in [1.29, 1.82) is 0 Å². The Morgan fingerprint density at radius 3 is 2.68 bits per heavy atom. The van der Waals surface area contributed by atoms with E-state index >= 15 is 0 Å². The van der Waals surface area contributed by atoms with E-state index in [1.807, 2.05) is 33.9 Å². The molecule has 1 saturated heterocycles. The van der Waals surface area contributed by atoms with Crippen molar-refractivity contribution in [1.82, 2.24) is 9.47 Å². The van der Waals surface area contributed by atoms with Crippen LogP contribution in [0.15, 0.2) is 30.5 Å². The molecule has 1 amide bonds. The minimum Gasteiger partial charge on any atom is -0.341 e. The molecule has 0 aliphatic carbocycles. The molecule has 0 atom stereocenters. The van der Waals surface area contributed by atoms with Gasteiger partial charge in [-0.2, -0.15) is 0 Å². The molecule has 4 nitrogen and oxygen atoms in total. The number of nitrogens with two attached hydrogens (primary N) is 1. The Bertz CT molecular complexity index is 596. The van der Waals surface area contributed by atoms with Crippen LogP contribution in [0.4, 0.5) is 0 Å². The maximum Gasteiger partial charge on any atom is 0.242 e. The van der Waals surface area contributed by atoms with Gasteiger partial charge in [0, 0.05) is 36.7 Å². The molecular weight excluding hydrogens is 238 g/mol. The van der Waals surface area contributed by atoms with Crippen LogP contribution < -0.4 is 5.73 Å². The molecule has 0 spiro atoms. The van der Waals surface area contributed by atoms with E-state index in [0.717, 1.165) is 42.4 Å². The Balaban J connectivity index is 1.90. The summed E-state index contributed by atoms with van der Waals surface area (Å²) in [6.07, 6.45) is 4.27. The van der Waals surface area contributed by atoms with Crippen LogP contribution in [0.3, 0.4) is 0 Å². The number of para-hydroxylation sites is 1. The lowest BCUT2D eigenvalue weighted by Crippen LogP contribution is -2.30. The van der Waals surface area contributed by atoms with Crippen LogP contribution in [-0.2, 0) is 17.9 Å². The summed E-state index contributed by atoms with van der Waals surface area (Å²) in [4.78, 5) is 14.2. The van der Waals surface area contributed by atoms with E-state index in [2.05, 4.69) is 6.07 Å². The van der Waals surface area contributed by atoms with Crippen molar-refractivity contribution in [2.45, 2.75) is 25.9 Å². The van der Waals surface area contributed by atoms with Crippen LogP contribution in [0.5, 0.6) is 0 Å². The van der Waals surface area contributed by atoms with Gasteiger partial charge in [0.1, 0.15) is 6.54 Å². The van der Waals surface area contributed by atoms with E-state index < -0.39 is 0 Å². The number of carbonyl (C=O) groups excluding carboxylic acids is 1. The summed E-state index contributed by atoms with van der Waals surface area (Å²) in [5.74, 6) is 0.210. The molecule has 0 bridgehead atoms. The van der Waals surface area contributed by atoms with Gasteiger partial charge in [-0.15, -0.1) is 0 Å². The third-order valence-corrected chi connectivity index (χ3v) is 3.86. The van der Waals surface area contributed by atoms with E-state index in [1.165, 1.54) is 0 Å². The molecule has 1 aromatic carbocycles. The molecule has 4 heteroatoms. The topological polar surface area (TPSA) is 51.3 Å². The van der Waals surface area contributed by atoms with Gasteiger partial charge in [0.15, 0.2) is 0 Å². The predicted molar refractivity (Wildman–Crippen MR) is 75.6 cm³/mol. The highest BCUT2D eigenvalue weighted by Crippen LogP contribution is 2.21. The first-order valence-electron chi connectivity index (χ1n) is 6.84. The van der Waals surface area contributed by atoms with Crippen LogP contribution >= 0.6 is 0 Å². The minimum absolute atomic E-state index is 0.210. The molecule has 0 saturated carbocycles. The molecule has 2 N–H and O–H groups in total. The Morgan fingerprint density at radius 1 is 1.21 bits per heavy atom. The molecule has 0 unspecified atom stereocenters. The maximum atomic E-state index is 12.2. The first-order valence-corrected chi connectivity index (χ1v) is 6.84. The summed E-state index contributed by atoms with van der Waals surface area (Å²) < 4.78 is 2.03. The van der Waals surface area contributed by atoms with Gasteiger partial charge >= 0.3 is 0 Å². The highest BCUT2D eigenvalue weighted by molar-refractivity contribution is 5.86. The molecule has 2 heterocycles. The smallest absolute Gasteiger partial charge is 0.242 e. The van der Waals surface area contributed by atoms with Crippen molar-refractivity contribution >= 4 is 16.8 Å². The van der Waals surface area contributed by atoms with E-state index in [-0.39, 0.29) is 5.91 Å². The van der Waals surface area contributed by atoms with Crippen molar-refractivity contribution in [3.05, 3.63) is 36.0 Å². The summed E-state index contributed by atoms with van der Waals surface area (Å²) in [5, 5.41) is 1.15. The van der Waals surface area contributed by atoms with Gasteiger partial charge in [0.05, 0.1) is 0 Å². The summed E-state index contributed by atoms with van der Waals surface area (Å²) in [5.41, 5.74) is 7.97. The fourth-order valence-electron chi connectivity index (χ4n) is 2.83. The van der Waals surface area contributed by atoms with E-state index in [4.69, 9.17) is 5.73 Å². The van der Waals surface area contributed by atoms with E-state index in [1.54, 1.807) is 0 Å². The average Bonchev–Trinajstić information content (AvgIpc) is 3.07. The van der Waals surface area contributed by atoms with Gasteiger partial charge in [0.2, 0.25) is 5.91 Å². The second-order valence-corrected chi connectivity index (χ2v) is 5.09. The fraction of sp³-hybridized carbons (Fsp3) is 0.400. The van der Waals surface area contributed by atoms with Crippen LogP contribution in [0.25, 0.3) is 10.9 Å². The first-order chi connectivity index (χ1) is 9.29. The van der Waals surface area contributed by atoms with Crippen molar-refractivity contribution in [2.75, 3.05) is 13.1 Å². The van der Waals surface area contributed by atoms with Crippen LogP contribution in [0, 0.1) is 0 Å². The van der Waals surface area contributed by atoms with E-state index in [9.17, 15) is 4.79 Å². The molecule has 2 aromatic rings. The van der Waals surface area contributed by atoms with Crippen LogP contribution in [-0.4, -0.2) is 28.5 Å². The normalized spacial score (nSPS) is 15.3. The fourth-order valence-corrected chi connectivity index (χ4v) is 2.83. The maximum absolute atomic E-state index is 12.2. The number of amides is 1. The number of hydrogen-bond acceptors (Lipinski definition) is 2. The number of nitrogens with zero attached hydrogens (tertiary/aromatic N) is 2. The Morgan fingerprint density at radius 2 is 1.95 bits per heavy atom. The number of carbonyl (C=O) groups is 1. The summed E-state index contributed by atoms with van der Waals surface area (Å²) in [7, 11) is 0. The van der Waals surface area contributed by atoms with Gasteiger partial charge in [-0.1, -0.05) is 18.2 Å². The SMILES string of the molecule is NCc1cn(CC(=O)N2CCCC2)c2ccccc12. The molecule has 1 aliphatic heterocycles. The lowest BCUT2D eigenvalue weighted by molar-refractivity contribution is -0.130. The second-order valence-electron chi connectivity index (χ2n) is 5.09. The first kappa shape index (κ1) is 12.2. The number of rotatable bonds is 3. The van der Waals surface area contributed by atoms with Crippen molar-refractivity contribution in [2.24, 2.45) is 5.73 Å². The summed E-state index contributed by atoms with van der Waals surface area (Å²) in [6.45, 7) is 2.73. The van der Waals surface area contributed by atoms with Crippen molar-refractivity contribution in [3.8, 4) is 0 Å². The Kier molecular flexibility index (Phi) is 3.25. The second kappa shape index (κ2) is 5.05. The van der Waals surface area contributed by atoms with Gasteiger partial charge in [-0.05, 0) is 24.5 Å². The number of benzene rings is 1. The molecule has 100 valence electrons. The standard InChI is InChI=1S/C15H19N3O/c16-9-12-10-18(14-6-2-1-5-13(12)14)11-15(19)17-7-3-4-8-17/h1-2,5-6,10H,3-4,7-9,11,16H2. The van der Waals surface area contributed by atoms with Gasteiger partial charge in [-0.25, -0.2) is 0 Å². The molecule has 19 heavy (non-hydrogen) atoms. The monoisotopic (exact) mass is 257 g/mol. The number of aromatic nitrogens is 1. The summed E-state index contributed by atoms with van der Waals surface area (Å²) >= 11 is 0. The van der Waals surface area contributed by atoms with E-state index in [0.29, 0.717) is 13.1 Å². The third kappa shape index (κ3) is 2.24. The van der Waals surface area contributed by atoms with Crippen molar-refractivity contribution < 1.29 is 4.79 Å². The lowest BCUT2D eigenvalue weighted by atomic mass is 10.2. The molecular formula is C15H19N3O. The van der Waals surface area contributed by atoms with Crippen molar-refractivity contribution in [3.63, 3.8) is 0 Å². The van der Waals surface area contributed by atoms with Crippen LogP contribution in [0.1, 0.15) is 18.4 Å². The minimum atomic E-state index is 0.210. The summed E-state index contributed by atoms with van der Waals surface area (Å²) in [6, 6.07) is 8.12. The third-order valence-electron chi connectivity index (χ3n) is 3.86. The molecule has 1 aliphatic rings. The number of likely N-dealkylation sites (tertiary alicyclic amines) is 1. The number of fused-ring (bicyclic) bond motifs is 1. The largest absolute Gasteiger partial charge is 0.341 e. The van der Waals surface area contributed by atoms with Gasteiger partial charge in [-0.3, -0.25) is 4.79 Å². The van der Waals surface area contributed by atoms with Gasteiger partial charge in [0.25, 0.3) is 0 Å². The number of hydrogen-bond donors (Lipinski definition) is 1. The Labute approximate surface area is 112 Å². The zero-order valence-electron chi connectivity index (χ0n) is 11.0. The molecule has 1 fully saturated rings. The van der Waals surface area contributed by atoms with Gasteiger partial charge < -0.3 is 15.2 Å². The van der Waals surface area contributed by atoms with Crippen LogP contribution in [0.2, 0.25) is 0 Å². The highest BCUT2D eigenvalue weighted by atomic mass is 16.2. The molecule has 0 radical (unpaired) electrons.